The lowest BCUT2D eigenvalue weighted by Crippen LogP contribution is -2.16. The van der Waals surface area contributed by atoms with Crippen LogP contribution in [0.2, 0.25) is 0 Å². The van der Waals surface area contributed by atoms with Gasteiger partial charge < -0.3 is 5.32 Å². The van der Waals surface area contributed by atoms with Crippen molar-refractivity contribution in [2.75, 3.05) is 6.54 Å². The first-order valence-corrected chi connectivity index (χ1v) is 5.84. The minimum atomic E-state index is -4.25. The van der Waals surface area contributed by atoms with Crippen LogP contribution in [0.15, 0.2) is 18.2 Å². The predicted octanol–water partition coefficient (Wildman–Crippen LogP) is 3.51. The van der Waals surface area contributed by atoms with E-state index in [4.69, 9.17) is 0 Å². The fourth-order valence-electron chi connectivity index (χ4n) is 1.90. The first-order chi connectivity index (χ1) is 7.97. The molecule has 1 saturated carbocycles. The van der Waals surface area contributed by atoms with Crippen LogP contribution in [0.25, 0.3) is 0 Å². The summed E-state index contributed by atoms with van der Waals surface area (Å²) in [7, 11) is 0. The number of alkyl halides is 3. The number of aryl methyl sites for hydroxylation is 1. The van der Waals surface area contributed by atoms with Gasteiger partial charge in [0.25, 0.3) is 0 Å². The smallest absolute Gasteiger partial charge is 0.312 e. The Labute approximate surface area is 99.0 Å². The molecule has 1 aliphatic carbocycles. The second-order valence-electron chi connectivity index (χ2n) is 4.72. The van der Waals surface area contributed by atoms with Gasteiger partial charge in [-0.15, -0.1) is 0 Å². The molecule has 0 radical (unpaired) electrons. The Morgan fingerprint density at radius 2 is 2.00 bits per heavy atom. The molecule has 1 aromatic carbocycles. The summed E-state index contributed by atoms with van der Waals surface area (Å²) >= 11 is 0. The molecule has 2 rings (SSSR count). The number of benzene rings is 1. The largest absolute Gasteiger partial charge is 0.416 e. The van der Waals surface area contributed by atoms with Crippen molar-refractivity contribution in [2.45, 2.75) is 32.5 Å². The van der Waals surface area contributed by atoms with E-state index in [1.165, 1.54) is 25.8 Å². The van der Waals surface area contributed by atoms with Gasteiger partial charge in [0.05, 0.1) is 5.56 Å². The summed E-state index contributed by atoms with van der Waals surface area (Å²) in [5, 5.41) is 3.27. The highest BCUT2D eigenvalue weighted by Gasteiger charge is 2.32. The minimum absolute atomic E-state index is 0.295. The van der Waals surface area contributed by atoms with Gasteiger partial charge in [-0.3, -0.25) is 0 Å². The van der Waals surface area contributed by atoms with Gasteiger partial charge in [0.1, 0.15) is 0 Å². The lowest BCUT2D eigenvalue weighted by atomic mass is 10.0. The average molecular weight is 243 g/mol. The van der Waals surface area contributed by atoms with Gasteiger partial charge in [-0.25, -0.2) is 0 Å². The zero-order valence-corrected chi connectivity index (χ0v) is 9.77. The Bertz CT molecular complexity index is 394. The van der Waals surface area contributed by atoms with Gasteiger partial charge in [0.15, 0.2) is 0 Å². The maximum atomic E-state index is 12.5. The molecule has 0 spiro atoms. The van der Waals surface area contributed by atoms with Crippen molar-refractivity contribution in [3.63, 3.8) is 0 Å². The fourth-order valence-corrected chi connectivity index (χ4v) is 1.90. The van der Waals surface area contributed by atoms with Crippen LogP contribution < -0.4 is 5.32 Å². The molecule has 0 atom stereocenters. The lowest BCUT2D eigenvalue weighted by Gasteiger charge is -2.12. The molecular formula is C13H16F3N. The van der Waals surface area contributed by atoms with Crippen LogP contribution in [0.4, 0.5) is 13.2 Å². The van der Waals surface area contributed by atoms with Crippen LogP contribution in [0.3, 0.4) is 0 Å². The lowest BCUT2D eigenvalue weighted by molar-refractivity contribution is -0.138. The molecule has 0 bridgehead atoms. The third-order valence-electron chi connectivity index (χ3n) is 3.06. The van der Waals surface area contributed by atoms with E-state index < -0.39 is 11.7 Å². The van der Waals surface area contributed by atoms with Crippen LogP contribution in [0, 0.1) is 12.8 Å². The monoisotopic (exact) mass is 243 g/mol. The van der Waals surface area contributed by atoms with E-state index >= 15 is 0 Å². The van der Waals surface area contributed by atoms with Gasteiger partial charge in [-0.1, -0.05) is 12.1 Å². The third kappa shape index (κ3) is 3.46. The van der Waals surface area contributed by atoms with E-state index in [1.54, 1.807) is 12.1 Å². The molecule has 1 fully saturated rings. The molecule has 4 heteroatoms. The van der Waals surface area contributed by atoms with Crippen LogP contribution in [0.5, 0.6) is 0 Å². The molecule has 1 aromatic rings. The highest BCUT2D eigenvalue weighted by molar-refractivity contribution is 5.33. The molecule has 1 nitrogen and oxygen atoms in total. The Morgan fingerprint density at radius 1 is 1.29 bits per heavy atom. The summed E-state index contributed by atoms with van der Waals surface area (Å²) in [6, 6.07) is 4.34. The average Bonchev–Trinajstić information content (AvgIpc) is 2.99. The zero-order chi connectivity index (χ0) is 12.5. The Hall–Kier alpha value is -1.03. The van der Waals surface area contributed by atoms with E-state index in [0.29, 0.717) is 12.1 Å². The maximum Gasteiger partial charge on any atom is 0.416 e. The molecule has 94 valence electrons. The maximum absolute atomic E-state index is 12.5. The number of rotatable bonds is 4. The van der Waals surface area contributed by atoms with Crippen molar-refractivity contribution in [2.24, 2.45) is 5.92 Å². The molecule has 0 saturated heterocycles. The molecule has 17 heavy (non-hydrogen) atoms. The van der Waals surface area contributed by atoms with Crippen molar-refractivity contribution in [1.29, 1.82) is 0 Å². The van der Waals surface area contributed by atoms with Gasteiger partial charge in [-0.05, 0) is 49.4 Å². The van der Waals surface area contributed by atoms with E-state index in [-0.39, 0.29) is 0 Å². The van der Waals surface area contributed by atoms with Crippen molar-refractivity contribution < 1.29 is 13.2 Å². The Kier molecular flexibility index (Phi) is 3.43. The van der Waals surface area contributed by atoms with Gasteiger partial charge >= 0.3 is 6.18 Å². The fraction of sp³-hybridized carbons (Fsp3) is 0.538. The van der Waals surface area contributed by atoms with Crippen LogP contribution in [0.1, 0.15) is 29.5 Å². The summed E-state index contributed by atoms with van der Waals surface area (Å²) < 4.78 is 37.6. The molecular weight excluding hydrogens is 227 g/mol. The molecule has 1 N–H and O–H groups in total. The molecule has 0 amide bonds. The Morgan fingerprint density at radius 3 is 2.53 bits per heavy atom. The number of nitrogens with one attached hydrogen (secondary N) is 1. The molecule has 0 unspecified atom stereocenters. The van der Waals surface area contributed by atoms with Crippen molar-refractivity contribution in [1.82, 2.24) is 5.32 Å². The molecule has 0 heterocycles. The highest BCUT2D eigenvalue weighted by Crippen LogP contribution is 2.32. The standard InChI is InChI=1S/C13H16F3N/c1-9-6-11(8-17-7-10-2-3-10)4-5-12(9)13(14,15)16/h4-6,10,17H,2-3,7-8H2,1H3. The minimum Gasteiger partial charge on any atom is -0.312 e. The van der Waals surface area contributed by atoms with Crippen molar-refractivity contribution >= 4 is 0 Å². The number of hydrogen-bond donors (Lipinski definition) is 1. The van der Waals surface area contributed by atoms with Crippen LogP contribution in [-0.2, 0) is 12.7 Å². The SMILES string of the molecule is Cc1cc(CNCC2CC2)ccc1C(F)(F)F. The second kappa shape index (κ2) is 4.69. The molecule has 1 aliphatic rings. The van der Waals surface area contributed by atoms with Crippen LogP contribution in [-0.4, -0.2) is 6.54 Å². The van der Waals surface area contributed by atoms with Gasteiger partial charge in [0.2, 0.25) is 0 Å². The van der Waals surface area contributed by atoms with Gasteiger partial charge in [0, 0.05) is 6.54 Å². The second-order valence-corrected chi connectivity index (χ2v) is 4.72. The third-order valence-corrected chi connectivity index (χ3v) is 3.06. The van der Waals surface area contributed by atoms with Gasteiger partial charge in [-0.2, -0.15) is 13.2 Å². The summed E-state index contributed by atoms with van der Waals surface area (Å²) in [5.41, 5.74) is 0.669. The topological polar surface area (TPSA) is 12.0 Å². The van der Waals surface area contributed by atoms with E-state index in [9.17, 15) is 13.2 Å². The van der Waals surface area contributed by atoms with E-state index in [2.05, 4.69) is 5.32 Å². The van der Waals surface area contributed by atoms with Crippen molar-refractivity contribution in [3.05, 3.63) is 34.9 Å². The summed E-state index contributed by atoms with van der Waals surface area (Å²) in [6.45, 7) is 3.13. The van der Waals surface area contributed by atoms with E-state index in [1.807, 2.05) is 0 Å². The quantitative estimate of drug-likeness (QED) is 0.853. The summed E-state index contributed by atoms with van der Waals surface area (Å²) in [5.74, 6) is 0.783. The molecule has 0 aromatic heterocycles. The number of hydrogen-bond acceptors (Lipinski definition) is 1. The predicted molar refractivity (Wildman–Crippen MR) is 60.6 cm³/mol. The highest BCUT2D eigenvalue weighted by atomic mass is 19.4. The van der Waals surface area contributed by atoms with Crippen LogP contribution >= 0.6 is 0 Å². The normalized spacial score (nSPS) is 16.2. The summed E-state index contributed by atoms with van der Waals surface area (Å²) in [4.78, 5) is 0. The summed E-state index contributed by atoms with van der Waals surface area (Å²) in [6.07, 6.45) is -1.69. The number of halogens is 3. The van der Waals surface area contributed by atoms with Crippen molar-refractivity contribution in [3.8, 4) is 0 Å². The molecule has 0 aliphatic heterocycles. The zero-order valence-electron chi connectivity index (χ0n) is 9.77. The van der Waals surface area contributed by atoms with E-state index in [0.717, 1.165) is 18.0 Å². The Balaban J connectivity index is 1.97. The first kappa shape index (κ1) is 12.4. The first-order valence-electron chi connectivity index (χ1n) is 5.84.